The average Bonchev–Trinajstić information content (AvgIpc) is 3.42. The lowest BCUT2D eigenvalue weighted by molar-refractivity contribution is -0.116. The third-order valence-corrected chi connectivity index (χ3v) is 7.16. The summed E-state index contributed by atoms with van der Waals surface area (Å²) in [7, 11) is 0. The highest BCUT2D eigenvalue weighted by Gasteiger charge is 2.23. The predicted octanol–water partition coefficient (Wildman–Crippen LogP) is 6.80. The van der Waals surface area contributed by atoms with E-state index < -0.39 is 0 Å². The summed E-state index contributed by atoms with van der Waals surface area (Å²) in [4.78, 5) is 19.9. The number of nitrogens with zero attached hydrogens (tertiary/aromatic N) is 1. The number of amides is 1. The molecule has 3 nitrogen and oxygen atoms in total. The molecule has 0 aliphatic rings. The first-order chi connectivity index (χ1) is 14.8. The van der Waals surface area contributed by atoms with Crippen LogP contribution in [0.25, 0.3) is 19.8 Å². The number of nitrogens with one attached hydrogen (secondary N) is 1. The molecule has 0 aliphatic carbocycles. The van der Waals surface area contributed by atoms with Crippen molar-refractivity contribution >= 4 is 43.8 Å². The van der Waals surface area contributed by atoms with Crippen molar-refractivity contribution in [2.45, 2.75) is 5.92 Å². The van der Waals surface area contributed by atoms with Crippen LogP contribution >= 0.6 is 22.7 Å². The van der Waals surface area contributed by atoms with Crippen molar-refractivity contribution < 1.29 is 4.79 Å². The fourth-order valence-electron chi connectivity index (χ4n) is 3.51. The first kappa shape index (κ1) is 18.7. The molecule has 3 aromatic carbocycles. The summed E-state index contributed by atoms with van der Waals surface area (Å²) in [6.07, 6.45) is 1.84. The number of thiazole rings is 1. The van der Waals surface area contributed by atoms with Crippen LogP contribution in [-0.2, 0) is 4.79 Å². The van der Waals surface area contributed by atoms with Gasteiger partial charge >= 0.3 is 0 Å². The molecule has 30 heavy (non-hydrogen) atoms. The van der Waals surface area contributed by atoms with Gasteiger partial charge in [0.15, 0.2) is 5.13 Å². The SMILES string of the molecule is O=C(Nc1ncc(-c2cc3ccccc3s2)s1)C(c1ccccc1)c1ccccc1. The summed E-state index contributed by atoms with van der Waals surface area (Å²) in [6, 6.07) is 30.2. The summed E-state index contributed by atoms with van der Waals surface area (Å²) in [5.74, 6) is -0.464. The zero-order valence-electron chi connectivity index (χ0n) is 16.0. The second-order valence-corrected chi connectivity index (χ2v) is 9.04. The highest BCUT2D eigenvalue weighted by atomic mass is 32.1. The topological polar surface area (TPSA) is 42.0 Å². The molecule has 0 spiro atoms. The van der Waals surface area contributed by atoms with Crippen molar-refractivity contribution in [1.29, 1.82) is 0 Å². The van der Waals surface area contributed by atoms with Gasteiger partial charge in [-0.25, -0.2) is 4.98 Å². The van der Waals surface area contributed by atoms with Gasteiger partial charge in [0, 0.05) is 15.8 Å². The molecule has 0 aliphatic heterocycles. The monoisotopic (exact) mass is 426 g/mol. The van der Waals surface area contributed by atoms with Gasteiger partial charge in [-0.1, -0.05) is 90.2 Å². The quantitative estimate of drug-likeness (QED) is 0.336. The Balaban J connectivity index is 1.42. The Kier molecular flexibility index (Phi) is 5.13. The Labute approximate surface area is 182 Å². The minimum Gasteiger partial charge on any atom is -0.301 e. The molecule has 0 unspecified atom stereocenters. The number of hydrogen-bond donors (Lipinski definition) is 1. The number of carbonyl (C=O) groups is 1. The number of anilines is 1. The molecule has 0 atom stereocenters. The predicted molar refractivity (Wildman–Crippen MR) is 126 cm³/mol. The van der Waals surface area contributed by atoms with Crippen molar-refractivity contribution in [3.8, 4) is 9.75 Å². The van der Waals surface area contributed by atoms with Gasteiger partial charge in [-0.2, -0.15) is 0 Å². The van der Waals surface area contributed by atoms with Crippen molar-refractivity contribution in [3.05, 3.63) is 108 Å². The van der Waals surface area contributed by atoms with Gasteiger partial charge in [0.25, 0.3) is 0 Å². The molecule has 0 saturated carbocycles. The van der Waals surface area contributed by atoms with Gasteiger partial charge in [0.05, 0.1) is 10.8 Å². The summed E-state index contributed by atoms with van der Waals surface area (Å²) in [6.45, 7) is 0. The standard InChI is InChI=1S/C25H18N2OS2/c28-24(23(17-9-3-1-4-10-17)18-11-5-2-6-12-18)27-25-26-16-22(30-25)21-15-19-13-7-8-14-20(19)29-21/h1-16,23H,(H,26,27,28). The molecule has 2 aromatic heterocycles. The van der Waals surface area contributed by atoms with Gasteiger partial charge in [0.1, 0.15) is 0 Å². The third-order valence-electron chi connectivity index (χ3n) is 4.93. The number of thiophene rings is 1. The van der Waals surface area contributed by atoms with Crippen molar-refractivity contribution in [2.75, 3.05) is 5.32 Å². The van der Waals surface area contributed by atoms with Gasteiger partial charge in [-0.15, -0.1) is 11.3 Å². The average molecular weight is 427 g/mol. The maximum Gasteiger partial charge on any atom is 0.238 e. The van der Waals surface area contributed by atoms with E-state index in [0.717, 1.165) is 20.9 Å². The van der Waals surface area contributed by atoms with Crippen LogP contribution in [0.15, 0.2) is 97.2 Å². The summed E-state index contributed by atoms with van der Waals surface area (Å²) >= 11 is 3.25. The van der Waals surface area contributed by atoms with Crippen LogP contribution < -0.4 is 5.32 Å². The van der Waals surface area contributed by atoms with E-state index in [1.165, 1.54) is 21.4 Å². The highest BCUT2D eigenvalue weighted by Crippen LogP contribution is 2.38. The number of benzene rings is 3. The molecule has 0 bridgehead atoms. The van der Waals surface area contributed by atoms with Crippen molar-refractivity contribution in [2.24, 2.45) is 0 Å². The van der Waals surface area contributed by atoms with Crippen LogP contribution in [0.5, 0.6) is 0 Å². The van der Waals surface area contributed by atoms with E-state index in [0.29, 0.717) is 5.13 Å². The second kappa shape index (κ2) is 8.22. The third kappa shape index (κ3) is 3.77. The summed E-state index contributed by atoms with van der Waals surface area (Å²) < 4.78 is 1.25. The Morgan fingerprint density at radius 2 is 1.40 bits per heavy atom. The number of fused-ring (bicyclic) bond motifs is 1. The Hall–Kier alpha value is -3.28. The Bertz CT molecular complexity index is 1220. The molecule has 0 fully saturated rings. The molecular formula is C25H18N2OS2. The molecular weight excluding hydrogens is 408 g/mol. The largest absolute Gasteiger partial charge is 0.301 e. The van der Waals surface area contributed by atoms with Gasteiger partial charge in [-0.05, 0) is 28.6 Å². The van der Waals surface area contributed by atoms with E-state index in [4.69, 9.17) is 0 Å². The first-order valence-corrected chi connectivity index (χ1v) is 11.3. The molecule has 5 heteroatoms. The first-order valence-electron chi connectivity index (χ1n) is 9.63. The van der Waals surface area contributed by atoms with E-state index in [1.807, 2.05) is 79.0 Å². The Morgan fingerprint density at radius 3 is 2.07 bits per heavy atom. The lowest BCUT2D eigenvalue weighted by Crippen LogP contribution is -2.22. The molecule has 5 aromatic rings. The number of rotatable bonds is 5. The van der Waals surface area contributed by atoms with Gasteiger partial charge in [0.2, 0.25) is 5.91 Å². The Morgan fingerprint density at radius 1 is 0.767 bits per heavy atom. The molecule has 1 N–H and O–H groups in total. The van der Waals surface area contributed by atoms with Crippen LogP contribution in [0.2, 0.25) is 0 Å². The molecule has 1 amide bonds. The van der Waals surface area contributed by atoms with E-state index >= 15 is 0 Å². The maximum absolute atomic E-state index is 13.3. The number of carbonyl (C=O) groups excluding carboxylic acids is 1. The van der Waals surface area contributed by atoms with Crippen molar-refractivity contribution in [1.82, 2.24) is 4.98 Å². The second-order valence-electron chi connectivity index (χ2n) is 6.92. The minimum atomic E-state index is -0.385. The molecule has 0 radical (unpaired) electrons. The van der Waals surface area contributed by atoms with Crippen LogP contribution in [0.1, 0.15) is 17.0 Å². The lowest BCUT2D eigenvalue weighted by Gasteiger charge is -2.17. The lowest BCUT2D eigenvalue weighted by atomic mass is 9.90. The molecule has 0 saturated heterocycles. The van der Waals surface area contributed by atoms with Crippen LogP contribution in [-0.4, -0.2) is 10.9 Å². The van der Waals surface area contributed by atoms with Crippen molar-refractivity contribution in [3.63, 3.8) is 0 Å². The highest BCUT2D eigenvalue weighted by molar-refractivity contribution is 7.27. The van der Waals surface area contributed by atoms with E-state index in [9.17, 15) is 4.79 Å². The number of aromatic nitrogens is 1. The minimum absolute atomic E-state index is 0.0790. The normalized spacial score (nSPS) is 11.1. The zero-order valence-corrected chi connectivity index (χ0v) is 17.6. The fraction of sp³-hybridized carbons (Fsp3) is 0.0400. The molecule has 2 heterocycles. The van der Waals surface area contributed by atoms with E-state index in [1.54, 1.807) is 11.3 Å². The summed E-state index contributed by atoms with van der Waals surface area (Å²) in [5, 5.41) is 4.88. The number of hydrogen-bond acceptors (Lipinski definition) is 4. The fourth-order valence-corrected chi connectivity index (χ4v) is 5.46. The van der Waals surface area contributed by atoms with E-state index in [-0.39, 0.29) is 11.8 Å². The zero-order chi connectivity index (χ0) is 20.3. The van der Waals surface area contributed by atoms with Crippen LogP contribution in [0.3, 0.4) is 0 Å². The van der Waals surface area contributed by atoms with Crippen LogP contribution in [0.4, 0.5) is 5.13 Å². The summed E-state index contributed by atoms with van der Waals surface area (Å²) in [5.41, 5.74) is 1.92. The van der Waals surface area contributed by atoms with E-state index in [2.05, 4.69) is 28.5 Å². The molecule has 5 rings (SSSR count). The van der Waals surface area contributed by atoms with Crippen LogP contribution in [0, 0.1) is 0 Å². The maximum atomic E-state index is 13.3. The molecule has 146 valence electrons. The van der Waals surface area contributed by atoms with Gasteiger partial charge in [-0.3, -0.25) is 4.79 Å². The van der Waals surface area contributed by atoms with Gasteiger partial charge < -0.3 is 5.32 Å². The smallest absolute Gasteiger partial charge is 0.238 e.